The van der Waals surface area contributed by atoms with E-state index in [1.54, 1.807) is 46.5 Å². The van der Waals surface area contributed by atoms with Crippen molar-refractivity contribution in [2.45, 2.75) is 12.1 Å². The van der Waals surface area contributed by atoms with Gasteiger partial charge in [0, 0.05) is 20.2 Å². The molecule has 0 radical (unpaired) electrons. The molecule has 148 valence electrons. The summed E-state index contributed by atoms with van der Waals surface area (Å²) in [5.74, 6) is 1.45. The number of hydrogen-bond donors (Lipinski definition) is 0. The smallest absolute Gasteiger partial charge is 0.232 e. The molecule has 0 saturated carbocycles. The molecule has 1 amide bonds. The molecule has 1 saturated heterocycles. The third-order valence-corrected chi connectivity index (χ3v) is 7.23. The molecule has 0 spiro atoms. The number of thioether (sulfide) groups is 1. The van der Waals surface area contributed by atoms with Crippen LogP contribution in [-0.2, 0) is 14.6 Å². The molecule has 0 unspecified atom stereocenters. The minimum Gasteiger partial charge on any atom is -0.497 e. The number of carbonyl (C=O) groups excluding carboxylic acids is 1. The molecule has 27 heavy (non-hydrogen) atoms. The molecule has 0 aliphatic carbocycles. The van der Waals surface area contributed by atoms with Gasteiger partial charge in [0.15, 0.2) is 15.0 Å². The fourth-order valence-electron chi connectivity index (χ4n) is 3.16. The molecule has 8 nitrogen and oxygen atoms in total. The summed E-state index contributed by atoms with van der Waals surface area (Å²) >= 11 is 1.31. The standard InChI is InChI=1S/C17H23N3O5S2/c1-19(2)16(21)8-26-17-18-12-9-27(22,23)10-14(12)20(17)13-7-11(24-3)5-6-15(13)25-4/h5-7,12,14H,8-10H2,1-4H3/t12-,14+/m0/s1. The highest BCUT2D eigenvalue weighted by Crippen LogP contribution is 2.41. The van der Waals surface area contributed by atoms with Gasteiger partial charge in [-0.25, -0.2) is 8.42 Å². The van der Waals surface area contributed by atoms with Gasteiger partial charge in [-0.05, 0) is 12.1 Å². The number of aliphatic imine (C=N–C) groups is 1. The summed E-state index contributed by atoms with van der Waals surface area (Å²) in [5.41, 5.74) is 0.685. The highest BCUT2D eigenvalue weighted by atomic mass is 32.2. The van der Waals surface area contributed by atoms with Gasteiger partial charge >= 0.3 is 0 Å². The molecule has 1 aromatic carbocycles. The second-order valence-corrected chi connectivity index (χ2v) is 9.70. The Labute approximate surface area is 163 Å². The number of sulfone groups is 1. The van der Waals surface area contributed by atoms with Gasteiger partial charge in [-0.3, -0.25) is 9.79 Å². The SMILES string of the molecule is COc1ccc(OC)c(N2C(SCC(=O)N(C)C)=N[C@H]3CS(=O)(=O)C[C@H]32)c1. The number of nitrogens with zero attached hydrogens (tertiary/aromatic N) is 3. The zero-order chi connectivity index (χ0) is 19.8. The van der Waals surface area contributed by atoms with Crippen LogP contribution in [0, 0.1) is 0 Å². The number of fused-ring (bicyclic) bond motifs is 1. The van der Waals surface area contributed by atoms with Crippen LogP contribution in [0.15, 0.2) is 23.2 Å². The number of hydrogen-bond acceptors (Lipinski definition) is 8. The third kappa shape index (κ3) is 4.01. The van der Waals surface area contributed by atoms with E-state index in [1.165, 1.54) is 16.7 Å². The maximum atomic E-state index is 12.1. The lowest BCUT2D eigenvalue weighted by atomic mass is 10.1. The summed E-state index contributed by atoms with van der Waals surface area (Å²) in [5, 5.41) is 0.627. The highest BCUT2D eigenvalue weighted by molar-refractivity contribution is 8.14. The van der Waals surface area contributed by atoms with Crippen molar-refractivity contribution in [3.05, 3.63) is 18.2 Å². The van der Waals surface area contributed by atoms with E-state index in [9.17, 15) is 13.2 Å². The number of amides is 1. The summed E-state index contributed by atoms with van der Waals surface area (Å²) in [4.78, 5) is 20.0. The molecule has 1 aromatic rings. The summed E-state index contributed by atoms with van der Waals surface area (Å²) in [6.45, 7) is 0. The maximum Gasteiger partial charge on any atom is 0.232 e. The number of carbonyl (C=O) groups is 1. The monoisotopic (exact) mass is 413 g/mol. The van der Waals surface area contributed by atoms with E-state index in [0.717, 1.165) is 0 Å². The van der Waals surface area contributed by atoms with E-state index in [-0.39, 0.29) is 35.2 Å². The van der Waals surface area contributed by atoms with Crippen molar-refractivity contribution < 1.29 is 22.7 Å². The van der Waals surface area contributed by atoms with Crippen LogP contribution < -0.4 is 14.4 Å². The van der Waals surface area contributed by atoms with Gasteiger partial charge in [0.05, 0.1) is 49.2 Å². The Bertz CT molecular complexity index is 869. The van der Waals surface area contributed by atoms with Crippen molar-refractivity contribution in [2.24, 2.45) is 4.99 Å². The number of ether oxygens (including phenoxy) is 2. The first-order chi connectivity index (χ1) is 12.8. The van der Waals surface area contributed by atoms with Crippen molar-refractivity contribution in [1.82, 2.24) is 4.90 Å². The molecule has 0 bridgehead atoms. The Morgan fingerprint density at radius 1 is 1.30 bits per heavy atom. The van der Waals surface area contributed by atoms with E-state index in [1.807, 2.05) is 4.90 Å². The number of amidine groups is 1. The van der Waals surface area contributed by atoms with Crippen LogP contribution in [-0.4, -0.2) is 82.0 Å². The quantitative estimate of drug-likeness (QED) is 0.708. The van der Waals surface area contributed by atoms with Gasteiger partial charge in [-0.1, -0.05) is 11.8 Å². The van der Waals surface area contributed by atoms with Crippen LogP contribution in [0.4, 0.5) is 5.69 Å². The molecule has 2 aliphatic rings. The average Bonchev–Trinajstić information content (AvgIpc) is 3.09. The summed E-state index contributed by atoms with van der Waals surface area (Å²) in [7, 11) is 3.37. The van der Waals surface area contributed by atoms with Crippen LogP contribution in [0.2, 0.25) is 0 Å². The zero-order valence-electron chi connectivity index (χ0n) is 15.7. The Hall–Kier alpha value is -1.94. The third-order valence-electron chi connectivity index (χ3n) is 4.58. The Kier molecular flexibility index (Phi) is 5.57. The molecule has 2 heterocycles. The van der Waals surface area contributed by atoms with Gasteiger partial charge in [-0.15, -0.1) is 0 Å². The molecule has 0 N–H and O–H groups in total. The van der Waals surface area contributed by atoms with Crippen LogP contribution in [0.3, 0.4) is 0 Å². The normalized spacial score (nSPS) is 23.0. The first kappa shape index (κ1) is 19.8. The first-order valence-corrected chi connectivity index (χ1v) is 11.2. The molecule has 1 fully saturated rings. The van der Waals surface area contributed by atoms with Crippen molar-refractivity contribution in [3.8, 4) is 11.5 Å². The van der Waals surface area contributed by atoms with Crippen molar-refractivity contribution in [1.29, 1.82) is 0 Å². The van der Waals surface area contributed by atoms with E-state index in [4.69, 9.17) is 9.47 Å². The van der Waals surface area contributed by atoms with Crippen LogP contribution in [0.25, 0.3) is 0 Å². The van der Waals surface area contributed by atoms with Crippen LogP contribution in [0.1, 0.15) is 0 Å². The van der Waals surface area contributed by atoms with E-state index < -0.39 is 9.84 Å². The molecular formula is C17H23N3O5S2. The molecule has 3 rings (SSSR count). The minimum atomic E-state index is -3.16. The molecule has 10 heteroatoms. The Morgan fingerprint density at radius 2 is 2.04 bits per heavy atom. The largest absolute Gasteiger partial charge is 0.497 e. The zero-order valence-corrected chi connectivity index (χ0v) is 17.3. The van der Waals surface area contributed by atoms with Gasteiger partial charge in [0.1, 0.15) is 11.5 Å². The fraction of sp³-hybridized carbons (Fsp3) is 0.529. The van der Waals surface area contributed by atoms with Crippen LogP contribution >= 0.6 is 11.8 Å². The lowest BCUT2D eigenvalue weighted by molar-refractivity contribution is -0.125. The number of methoxy groups -OCH3 is 2. The topological polar surface area (TPSA) is 88.5 Å². The highest BCUT2D eigenvalue weighted by Gasteiger charge is 2.48. The van der Waals surface area contributed by atoms with Crippen LogP contribution in [0.5, 0.6) is 11.5 Å². The minimum absolute atomic E-state index is 0.0200. The summed E-state index contributed by atoms with van der Waals surface area (Å²) < 4.78 is 35.1. The maximum absolute atomic E-state index is 12.1. The number of benzene rings is 1. The number of rotatable bonds is 5. The Morgan fingerprint density at radius 3 is 2.67 bits per heavy atom. The van der Waals surface area contributed by atoms with Gasteiger partial charge in [0.25, 0.3) is 0 Å². The van der Waals surface area contributed by atoms with Crippen molar-refractivity contribution in [3.63, 3.8) is 0 Å². The second kappa shape index (κ2) is 7.59. The predicted octanol–water partition coefficient (Wildman–Crippen LogP) is 0.867. The number of anilines is 1. The average molecular weight is 414 g/mol. The lowest BCUT2D eigenvalue weighted by Gasteiger charge is -2.28. The van der Waals surface area contributed by atoms with Crippen molar-refractivity contribution in [2.75, 3.05) is 50.5 Å². The van der Waals surface area contributed by atoms with E-state index in [2.05, 4.69) is 4.99 Å². The first-order valence-electron chi connectivity index (χ1n) is 8.38. The lowest BCUT2D eigenvalue weighted by Crippen LogP contribution is -2.39. The Balaban J connectivity index is 1.98. The summed E-state index contributed by atoms with van der Waals surface area (Å²) in [6.07, 6.45) is 0. The molecule has 2 aliphatic heterocycles. The summed E-state index contributed by atoms with van der Waals surface area (Å²) in [6, 6.07) is 4.70. The van der Waals surface area contributed by atoms with E-state index in [0.29, 0.717) is 22.4 Å². The predicted molar refractivity (Wildman–Crippen MR) is 107 cm³/mol. The fourth-order valence-corrected chi connectivity index (χ4v) is 6.09. The van der Waals surface area contributed by atoms with Gasteiger partial charge in [-0.2, -0.15) is 0 Å². The van der Waals surface area contributed by atoms with Crippen molar-refractivity contribution >= 4 is 38.4 Å². The second-order valence-electron chi connectivity index (χ2n) is 6.61. The van der Waals surface area contributed by atoms with Gasteiger partial charge in [0.2, 0.25) is 5.91 Å². The molecule has 2 atom stereocenters. The molecule has 0 aromatic heterocycles. The molecular weight excluding hydrogens is 390 g/mol. The van der Waals surface area contributed by atoms with Gasteiger partial charge < -0.3 is 19.3 Å². The van der Waals surface area contributed by atoms with E-state index >= 15 is 0 Å².